The molecule has 1 aromatic carbocycles. The van der Waals surface area contributed by atoms with Gasteiger partial charge in [0.25, 0.3) is 0 Å². The van der Waals surface area contributed by atoms with Gasteiger partial charge in [0.2, 0.25) is 0 Å². The molecule has 0 amide bonds. The number of halogens is 1. The lowest BCUT2D eigenvalue weighted by Gasteiger charge is -2.08. The SMILES string of the molecule is Brc1cccc2oc3c(c12)CSCC3. The molecule has 2 heterocycles. The zero-order valence-corrected chi connectivity index (χ0v) is 9.95. The minimum Gasteiger partial charge on any atom is -0.461 e. The van der Waals surface area contributed by atoms with Crippen molar-refractivity contribution in [3.63, 3.8) is 0 Å². The maximum Gasteiger partial charge on any atom is 0.135 e. The van der Waals surface area contributed by atoms with Crippen LogP contribution in [0.2, 0.25) is 0 Å². The largest absolute Gasteiger partial charge is 0.461 e. The van der Waals surface area contributed by atoms with Crippen molar-refractivity contribution in [3.05, 3.63) is 34.0 Å². The maximum absolute atomic E-state index is 5.83. The fraction of sp³-hybridized carbons (Fsp3) is 0.273. The predicted octanol–water partition coefficient (Wildman–Crippen LogP) is 3.98. The van der Waals surface area contributed by atoms with E-state index in [2.05, 4.69) is 22.0 Å². The maximum atomic E-state index is 5.83. The third-order valence-electron chi connectivity index (χ3n) is 2.57. The van der Waals surface area contributed by atoms with Gasteiger partial charge in [0.15, 0.2) is 0 Å². The summed E-state index contributed by atoms with van der Waals surface area (Å²) in [6.07, 6.45) is 1.07. The first-order valence-electron chi connectivity index (χ1n) is 4.63. The monoisotopic (exact) mass is 268 g/mol. The van der Waals surface area contributed by atoms with Crippen molar-refractivity contribution in [2.24, 2.45) is 0 Å². The van der Waals surface area contributed by atoms with E-state index in [4.69, 9.17) is 4.42 Å². The number of benzene rings is 1. The summed E-state index contributed by atoms with van der Waals surface area (Å²) in [6.45, 7) is 0. The van der Waals surface area contributed by atoms with Crippen LogP contribution < -0.4 is 0 Å². The Balaban J connectivity index is 2.38. The molecule has 72 valence electrons. The molecule has 0 bridgehead atoms. The molecule has 1 aromatic heterocycles. The lowest BCUT2D eigenvalue weighted by molar-refractivity contribution is 0.552. The molecule has 14 heavy (non-hydrogen) atoms. The molecule has 0 N–H and O–H groups in total. The lowest BCUT2D eigenvalue weighted by atomic mass is 10.1. The van der Waals surface area contributed by atoms with E-state index in [1.807, 2.05) is 23.9 Å². The molecule has 0 aliphatic carbocycles. The van der Waals surface area contributed by atoms with Gasteiger partial charge < -0.3 is 4.42 Å². The molecule has 0 atom stereocenters. The summed E-state index contributed by atoms with van der Waals surface area (Å²) < 4.78 is 6.98. The van der Waals surface area contributed by atoms with Crippen molar-refractivity contribution >= 4 is 38.7 Å². The van der Waals surface area contributed by atoms with Crippen molar-refractivity contribution in [1.82, 2.24) is 0 Å². The second-order valence-corrected chi connectivity index (χ2v) is 5.38. The molecule has 1 nitrogen and oxygen atoms in total. The van der Waals surface area contributed by atoms with Crippen molar-refractivity contribution < 1.29 is 4.42 Å². The van der Waals surface area contributed by atoms with Gasteiger partial charge in [-0.2, -0.15) is 11.8 Å². The zero-order chi connectivity index (χ0) is 9.54. The van der Waals surface area contributed by atoms with E-state index in [0.717, 1.165) is 22.2 Å². The molecule has 1 aliphatic rings. The highest BCUT2D eigenvalue weighted by molar-refractivity contribution is 9.10. The first-order valence-corrected chi connectivity index (χ1v) is 6.57. The van der Waals surface area contributed by atoms with Crippen LogP contribution in [0.3, 0.4) is 0 Å². The molecular formula is C11H9BrOS. The number of rotatable bonds is 0. The van der Waals surface area contributed by atoms with Crippen molar-refractivity contribution in [1.29, 1.82) is 0 Å². The third kappa shape index (κ3) is 1.22. The number of aryl methyl sites for hydroxylation is 1. The van der Waals surface area contributed by atoms with E-state index in [1.54, 1.807) is 0 Å². The Morgan fingerprint density at radius 3 is 3.21 bits per heavy atom. The third-order valence-corrected chi connectivity index (χ3v) is 4.21. The fourth-order valence-corrected chi connectivity index (χ4v) is 3.48. The van der Waals surface area contributed by atoms with E-state index in [-0.39, 0.29) is 0 Å². The van der Waals surface area contributed by atoms with Crippen LogP contribution in [0.4, 0.5) is 0 Å². The molecule has 3 rings (SSSR count). The Labute approximate surface area is 95.0 Å². The summed E-state index contributed by atoms with van der Waals surface area (Å²) in [6, 6.07) is 6.15. The predicted molar refractivity (Wildman–Crippen MR) is 63.8 cm³/mol. The number of fused-ring (bicyclic) bond motifs is 3. The number of furan rings is 1. The standard InChI is InChI=1S/C11H9BrOS/c12-8-2-1-3-10-11(8)7-6-14-5-4-9(7)13-10/h1-3H,4-6H2. The molecule has 3 heteroatoms. The van der Waals surface area contributed by atoms with Crippen LogP contribution in [0.1, 0.15) is 11.3 Å². The highest BCUT2D eigenvalue weighted by Crippen LogP contribution is 2.37. The van der Waals surface area contributed by atoms with E-state index < -0.39 is 0 Å². The minimum absolute atomic E-state index is 1.02. The van der Waals surface area contributed by atoms with Gasteiger partial charge in [0.1, 0.15) is 11.3 Å². The zero-order valence-electron chi connectivity index (χ0n) is 7.55. The van der Waals surface area contributed by atoms with E-state index >= 15 is 0 Å². The molecule has 0 spiro atoms. The van der Waals surface area contributed by atoms with Crippen LogP contribution in [-0.4, -0.2) is 5.75 Å². The molecule has 0 unspecified atom stereocenters. The van der Waals surface area contributed by atoms with Crippen molar-refractivity contribution in [2.75, 3.05) is 5.75 Å². The second kappa shape index (κ2) is 3.31. The van der Waals surface area contributed by atoms with Gasteiger partial charge in [0.05, 0.1) is 0 Å². The van der Waals surface area contributed by atoms with Crippen molar-refractivity contribution in [3.8, 4) is 0 Å². The smallest absolute Gasteiger partial charge is 0.135 e. The average Bonchev–Trinajstić information content (AvgIpc) is 2.57. The Morgan fingerprint density at radius 1 is 1.36 bits per heavy atom. The van der Waals surface area contributed by atoms with Crippen LogP contribution >= 0.6 is 27.7 Å². The number of hydrogen-bond acceptors (Lipinski definition) is 2. The highest BCUT2D eigenvalue weighted by atomic mass is 79.9. The van der Waals surface area contributed by atoms with Crippen LogP contribution in [0.15, 0.2) is 27.1 Å². The number of hydrogen-bond donors (Lipinski definition) is 0. The van der Waals surface area contributed by atoms with E-state index in [1.165, 1.54) is 22.5 Å². The van der Waals surface area contributed by atoms with Gasteiger partial charge in [-0.25, -0.2) is 0 Å². The first-order chi connectivity index (χ1) is 6.86. The van der Waals surface area contributed by atoms with Gasteiger partial charge in [0, 0.05) is 33.3 Å². The van der Waals surface area contributed by atoms with Gasteiger partial charge in [-0.3, -0.25) is 0 Å². The lowest BCUT2D eigenvalue weighted by Crippen LogP contribution is -1.98. The van der Waals surface area contributed by atoms with Crippen LogP contribution in [0.5, 0.6) is 0 Å². The summed E-state index contributed by atoms with van der Waals surface area (Å²) in [5, 5.41) is 1.27. The number of thioether (sulfide) groups is 1. The summed E-state index contributed by atoms with van der Waals surface area (Å²) >= 11 is 5.57. The Hall–Kier alpha value is -0.410. The Morgan fingerprint density at radius 2 is 2.29 bits per heavy atom. The normalized spacial score (nSPS) is 15.8. The highest BCUT2D eigenvalue weighted by Gasteiger charge is 2.19. The molecule has 0 saturated carbocycles. The average molecular weight is 269 g/mol. The molecule has 0 saturated heterocycles. The summed E-state index contributed by atoms with van der Waals surface area (Å²) in [5.74, 6) is 3.46. The summed E-state index contributed by atoms with van der Waals surface area (Å²) in [4.78, 5) is 0. The molecule has 0 fully saturated rings. The molecule has 1 aliphatic heterocycles. The van der Waals surface area contributed by atoms with E-state index in [9.17, 15) is 0 Å². The van der Waals surface area contributed by atoms with Crippen LogP contribution in [-0.2, 0) is 12.2 Å². The summed E-state index contributed by atoms with van der Waals surface area (Å²) in [5.41, 5.74) is 2.41. The van der Waals surface area contributed by atoms with Crippen molar-refractivity contribution in [2.45, 2.75) is 12.2 Å². The van der Waals surface area contributed by atoms with E-state index in [0.29, 0.717) is 0 Å². The minimum atomic E-state index is 1.02. The van der Waals surface area contributed by atoms with Gasteiger partial charge in [-0.15, -0.1) is 0 Å². The Bertz CT molecular complexity index is 489. The topological polar surface area (TPSA) is 13.1 Å². The Kier molecular flexibility index (Phi) is 2.10. The first kappa shape index (κ1) is 8.86. The summed E-state index contributed by atoms with van der Waals surface area (Å²) in [7, 11) is 0. The molecule has 0 radical (unpaired) electrons. The van der Waals surface area contributed by atoms with Gasteiger partial charge in [-0.05, 0) is 12.1 Å². The van der Waals surface area contributed by atoms with Gasteiger partial charge >= 0.3 is 0 Å². The fourth-order valence-electron chi connectivity index (χ4n) is 1.91. The quantitative estimate of drug-likeness (QED) is 0.717. The molecule has 2 aromatic rings. The second-order valence-electron chi connectivity index (χ2n) is 3.42. The molecular weight excluding hydrogens is 260 g/mol. The van der Waals surface area contributed by atoms with Gasteiger partial charge in [-0.1, -0.05) is 22.0 Å². The van der Waals surface area contributed by atoms with Crippen LogP contribution in [0, 0.1) is 0 Å². The van der Waals surface area contributed by atoms with Crippen LogP contribution in [0.25, 0.3) is 11.0 Å².